The van der Waals surface area contributed by atoms with Gasteiger partial charge in [-0.15, -0.1) is 0 Å². The molecule has 21 heavy (non-hydrogen) atoms. The maximum Gasteiger partial charge on any atom is 0.320 e. The van der Waals surface area contributed by atoms with Gasteiger partial charge in [0.1, 0.15) is 24.4 Å². The normalized spacial score (nSPS) is 20.0. The van der Waals surface area contributed by atoms with Crippen molar-refractivity contribution in [3.8, 4) is 0 Å². The minimum Gasteiger partial charge on any atom is -0.480 e. The van der Waals surface area contributed by atoms with Crippen LogP contribution in [0, 0.1) is 0 Å². The van der Waals surface area contributed by atoms with Crippen molar-refractivity contribution >= 4 is 11.9 Å². The Labute approximate surface area is 120 Å². The zero-order valence-corrected chi connectivity index (χ0v) is 11.5. The zero-order chi connectivity index (χ0) is 16.7. The molecule has 0 heterocycles. The van der Waals surface area contributed by atoms with E-state index in [1.165, 1.54) is 0 Å². The summed E-state index contributed by atoms with van der Waals surface area (Å²) in [5.41, 5.74) is 5.24. The van der Waals surface area contributed by atoms with Crippen molar-refractivity contribution in [2.45, 2.75) is 49.8 Å². The standard InChI is InChI=1S/C11H22N2O8/c1-4(15)13-8(6(16)2-5(12)11(20)21)10(19)9(18)7(17)3-14/h5-10,14,16-19H,2-3,12H2,1H3,(H,13,15)(H,20,21)/t5-,6-,7-,8-,9-,10-/m1/s1. The number of carboxylic acids is 1. The summed E-state index contributed by atoms with van der Waals surface area (Å²) in [6.07, 6.45) is -7.49. The van der Waals surface area contributed by atoms with Gasteiger partial charge in [-0.25, -0.2) is 0 Å². The predicted octanol–water partition coefficient (Wildman–Crippen LogP) is -4.27. The smallest absolute Gasteiger partial charge is 0.320 e. The topological polar surface area (TPSA) is 194 Å². The van der Waals surface area contributed by atoms with Crippen LogP contribution in [0.2, 0.25) is 0 Å². The molecule has 10 nitrogen and oxygen atoms in total. The Balaban J connectivity index is 5.00. The molecule has 0 aliphatic carbocycles. The van der Waals surface area contributed by atoms with Crippen LogP contribution in [0.5, 0.6) is 0 Å². The van der Waals surface area contributed by atoms with Crippen molar-refractivity contribution in [1.29, 1.82) is 0 Å². The molecule has 0 saturated heterocycles. The molecule has 0 aliphatic heterocycles. The summed E-state index contributed by atoms with van der Waals surface area (Å²) in [6.45, 7) is 0.230. The van der Waals surface area contributed by atoms with Gasteiger partial charge in [-0.05, 0) is 0 Å². The fraction of sp³-hybridized carbons (Fsp3) is 0.818. The molecule has 0 saturated carbocycles. The van der Waals surface area contributed by atoms with Crippen LogP contribution >= 0.6 is 0 Å². The SMILES string of the molecule is CC(=O)N[C@@H]([C@@H](O)[C@H](O)[C@H](O)CO)[C@H](O)C[C@@H](N)C(=O)O. The van der Waals surface area contributed by atoms with Crippen LogP contribution in [0.25, 0.3) is 0 Å². The number of rotatable bonds is 9. The van der Waals surface area contributed by atoms with Crippen LogP contribution < -0.4 is 11.1 Å². The maximum atomic E-state index is 11.1. The monoisotopic (exact) mass is 310 g/mol. The van der Waals surface area contributed by atoms with E-state index in [9.17, 15) is 30.0 Å². The molecule has 10 heteroatoms. The Morgan fingerprint density at radius 2 is 1.62 bits per heavy atom. The highest BCUT2D eigenvalue weighted by Gasteiger charge is 2.37. The van der Waals surface area contributed by atoms with Gasteiger partial charge in [0.05, 0.1) is 18.8 Å². The maximum absolute atomic E-state index is 11.1. The molecule has 0 bridgehead atoms. The second-order valence-electron chi connectivity index (χ2n) is 4.71. The van der Waals surface area contributed by atoms with Crippen LogP contribution in [0.1, 0.15) is 13.3 Å². The van der Waals surface area contributed by atoms with Gasteiger partial charge in [-0.3, -0.25) is 9.59 Å². The molecule has 1 amide bonds. The van der Waals surface area contributed by atoms with Gasteiger partial charge < -0.3 is 41.7 Å². The second kappa shape index (κ2) is 8.87. The van der Waals surface area contributed by atoms with Gasteiger partial charge in [-0.1, -0.05) is 0 Å². The first-order valence-corrected chi connectivity index (χ1v) is 6.20. The van der Waals surface area contributed by atoms with Crippen LogP contribution in [0.3, 0.4) is 0 Å². The molecule has 0 spiro atoms. The first kappa shape index (κ1) is 19.7. The van der Waals surface area contributed by atoms with E-state index in [0.717, 1.165) is 6.92 Å². The largest absolute Gasteiger partial charge is 0.480 e. The van der Waals surface area contributed by atoms with E-state index in [1.54, 1.807) is 0 Å². The molecule has 0 aliphatic rings. The van der Waals surface area contributed by atoms with Crippen molar-refractivity contribution in [1.82, 2.24) is 5.32 Å². The molecule has 0 aromatic carbocycles. The second-order valence-corrected chi connectivity index (χ2v) is 4.71. The third-order valence-electron chi connectivity index (χ3n) is 2.90. The molecule has 0 aromatic heterocycles. The Morgan fingerprint density at radius 3 is 2.00 bits per heavy atom. The van der Waals surface area contributed by atoms with Crippen molar-refractivity contribution in [3.05, 3.63) is 0 Å². The minimum atomic E-state index is -1.86. The minimum absolute atomic E-state index is 0.501. The Bertz CT molecular complexity index is 353. The summed E-state index contributed by atoms with van der Waals surface area (Å²) in [5, 5.41) is 58.1. The van der Waals surface area contributed by atoms with Crippen LogP contribution in [0.15, 0.2) is 0 Å². The lowest BCUT2D eigenvalue weighted by Gasteiger charge is -2.32. The summed E-state index contributed by atoms with van der Waals surface area (Å²) in [4.78, 5) is 21.7. The van der Waals surface area contributed by atoms with E-state index in [-0.39, 0.29) is 0 Å². The van der Waals surface area contributed by atoms with E-state index < -0.39 is 61.4 Å². The first-order chi connectivity index (χ1) is 9.61. The van der Waals surface area contributed by atoms with E-state index in [4.69, 9.17) is 15.9 Å². The van der Waals surface area contributed by atoms with Gasteiger partial charge in [0, 0.05) is 13.3 Å². The van der Waals surface area contributed by atoms with Gasteiger partial charge in [0.2, 0.25) is 5.91 Å². The Kier molecular flexibility index (Phi) is 8.32. The molecule has 124 valence electrons. The molecule has 0 radical (unpaired) electrons. The number of carbonyl (C=O) groups is 2. The van der Waals surface area contributed by atoms with Crippen molar-refractivity contribution in [2.24, 2.45) is 5.73 Å². The number of nitrogens with two attached hydrogens (primary N) is 1. The van der Waals surface area contributed by atoms with Gasteiger partial charge in [-0.2, -0.15) is 0 Å². The van der Waals surface area contributed by atoms with Gasteiger partial charge in [0.25, 0.3) is 0 Å². The molecular weight excluding hydrogens is 288 g/mol. The summed E-state index contributed by atoms with van der Waals surface area (Å²) in [5.74, 6) is -2.05. The van der Waals surface area contributed by atoms with Crippen molar-refractivity contribution in [2.75, 3.05) is 6.61 Å². The average molecular weight is 310 g/mol. The van der Waals surface area contributed by atoms with Crippen LogP contribution in [-0.4, -0.2) is 85.6 Å². The number of aliphatic hydroxyl groups is 5. The quantitative estimate of drug-likeness (QED) is 0.208. The third-order valence-corrected chi connectivity index (χ3v) is 2.90. The Morgan fingerprint density at radius 1 is 1.10 bits per heavy atom. The van der Waals surface area contributed by atoms with Crippen molar-refractivity contribution in [3.63, 3.8) is 0 Å². The molecule has 0 unspecified atom stereocenters. The predicted molar refractivity (Wildman–Crippen MR) is 68.9 cm³/mol. The fourth-order valence-electron chi connectivity index (χ4n) is 1.70. The summed E-state index contributed by atoms with van der Waals surface area (Å²) in [7, 11) is 0. The number of hydrogen-bond acceptors (Lipinski definition) is 8. The molecule has 9 N–H and O–H groups in total. The molecule has 0 fully saturated rings. The molecular formula is C11H22N2O8. The number of carboxylic acid groups (broad SMARTS) is 1. The number of aliphatic hydroxyl groups excluding tert-OH is 5. The number of amides is 1. The third kappa shape index (κ3) is 6.33. The van der Waals surface area contributed by atoms with Crippen molar-refractivity contribution < 1.29 is 40.2 Å². The zero-order valence-electron chi connectivity index (χ0n) is 11.5. The van der Waals surface area contributed by atoms with E-state index in [1.807, 2.05) is 0 Å². The number of hydrogen-bond donors (Lipinski definition) is 8. The number of nitrogens with one attached hydrogen (secondary N) is 1. The highest BCUT2D eigenvalue weighted by Crippen LogP contribution is 2.12. The van der Waals surface area contributed by atoms with Gasteiger partial charge in [0.15, 0.2) is 0 Å². The first-order valence-electron chi connectivity index (χ1n) is 6.20. The average Bonchev–Trinajstić information content (AvgIpc) is 2.41. The van der Waals surface area contributed by atoms with E-state index >= 15 is 0 Å². The van der Waals surface area contributed by atoms with Crippen LogP contribution in [-0.2, 0) is 9.59 Å². The highest BCUT2D eigenvalue weighted by atomic mass is 16.4. The number of aliphatic carboxylic acids is 1. The Hall–Kier alpha value is -1.30. The molecule has 0 aromatic rings. The van der Waals surface area contributed by atoms with E-state index in [0.29, 0.717) is 0 Å². The molecule has 6 atom stereocenters. The lowest BCUT2D eigenvalue weighted by molar-refractivity contribution is -0.140. The van der Waals surface area contributed by atoms with Crippen LogP contribution in [0.4, 0.5) is 0 Å². The highest BCUT2D eigenvalue weighted by molar-refractivity contribution is 5.74. The summed E-state index contributed by atoms with van der Waals surface area (Å²) in [6, 6.07) is -2.91. The van der Waals surface area contributed by atoms with Gasteiger partial charge >= 0.3 is 5.97 Å². The lowest BCUT2D eigenvalue weighted by atomic mass is 9.93. The summed E-state index contributed by atoms with van der Waals surface area (Å²) >= 11 is 0. The molecule has 0 rings (SSSR count). The van der Waals surface area contributed by atoms with E-state index in [2.05, 4.69) is 5.32 Å². The fourth-order valence-corrected chi connectivity index (χ4v) is 1.70. The summed E-state index contributed by atoms with van der Waals surface area (Å²) < 4.78 is 0. The lowest BCUT2D eigenvalue weighted by Crippen LogP contribution is -2.58. The number of carbonyl (C=O) groups excluding carboxylic acids is 1.